The molecule has 0 spiro atoms. The molecule has 0 aliphatic carbocycles. The fourth-order valence-corrected chi connectivity index (χ4v) is 2.45. The third kappa shape index (κ3) is 3.61. The van der Waals surface area contributed by atoms with Crippen LogP contribution >= 0.6 is 0 Å². The lowest BCUT2D eigenvalue weighted by Gasteiger charge is -2.16. The first kappa shape index (κ1) is 15.5. The minimum atomic E-state index is -0.142. The molecule has 21 heavy (non-hydrogen) atoms. The highest BCUT2D eigenvalue weighted by Gasteiger charge is 2.17. The maximum atomic E-state index is 11.7. The molecule has 114 valence electrons. The normalized spacial score (nSPS) is 12.5. The second kappa shape index (κ2) is 7.22. The van der Waals surface area contributed by atoms with Crippen LogP contribution in [0.15, 0.2) is 24.3 Å². The zero-order valence-electron chi connectivity index (χ0n) is 12.9. The third-order valence-corrected chi connectivity index (χ3v) is 3.46. The van der Waals surface area contributed by atoms with Crippen LogP contribution in [-0.4, -0.2) is 29.2 Å². The Balaban J connectivity index is 2.30. The Bertz CT molecular complexity index is 607. The summed E-state index contributed by atoms with van der Waals surface area (Å²) in [7, 11) is 1.51. The number of aromatic nitrogens is 2. The van der Waals surface area contributed by atoms with E-state index in [-0.39, 0.29) is 18.6 Å². The predicted molar refractivity (Wildman–Crippen MR) is 83.1 cm³/mol. The lowest BCUT2D eigenvalue weighted by atomic mass is 10.2. The van der Waals surface area contributed by atoms with Gasteiger partial charge < -0.3 is 14.6 Å². The van der Waals surface area contributed by atoms with Crippen LogP contribution in [0.2, 0.25) is 0 Å². The number of carbonyl (C=O) groups excluding carboxylic acids is 1. The first-order valence-corrected chi connectivity index (χ1v) is 7.40. The van der Waals surface area contributed by atoms with Gasteiger partial charge in [0.15, 0.2) is 0 Å². The summed E-state index contributed by atoms with van der Waals surface area (Å²) in [5.74, 6) is 0.771. The Morgan fingerprint density at radius 2 is 2.19 bits per heavy atom. The van der Waals surface area contributed by atoms with Gasteiger partial charge in [-0.3, -0.25) is 4.79 Å². The van der Waals surface area contributed by atoms with Crippen LogP contribution in [0, 0.1) is 0 Å². The number of unbranched alkanes of at least 4 members (excludes halogenated alkanes) is 1. The van der Waals surface area contributed by atoms with Crippen molar-refractivity contribution in [3.05, 3.63) is 30.1 Å². The summed E-state index contributed by atoms with van der Waals surface area (Å²) < 4.78 is 7.06. The molecular formula is C16H23N3O2. The number of methoxy groups -OCH3 is 1. The number of para-hydroxylation sites is 2. The number of hydrogen-bond donors (Lipinski definition) is 1. The summed E-state index contributed by atoms with van der Waals surface area (Å²) >= 11 is 0. The third-order valence-electron chi connectivity index (χ3n) is 3.46. The average molecular weight is 289 g/mol. The van der Waals surface area contributed by atoms with Gasteiger partial charge in [-0.1, -0.05) is 25.5 Å². The molecule has 1 aromatic heterocycles. The quantitative estimate of drug-likeness (QED) is 0.852. The molecule has 0 saturated heterocycles. The van der Waals surface area contributed by atoms with Gasteiger partial charge in [-0.15, -0.1) is 0 Å². The summed E-state index contributed by atoms with van der Waals surface area (Å²) in [6.07, 6.45) is 2.21. The zero-order valence-corrected chi connectivity index (χ0v) is 12.9. The number of nitrogens with one attached hydrogen (secondary N) is 1. The molecule has 1 aromatic carbocycles. The number of amides is 1. The van der Waals surface area contributed by atoms with Gasteiger partial charge in [0.25, 0.3) is 0 Å². The van der Waals surface area contributed by atoms with Gasteiger partial charge in [-0.25, -0.2) is 4.98 Å². The number of imidazole rings is 1. The van der Waals surface area contributed by atoms with Gasteiger partial charge >= 0.3 is 0 Å². The number of benzene rings is 1. The number of hydrogen-bond acceptors (Lipinski definition) is 3. The smallest absolute Gasteiger partial charge is 0.246 e. The Hall–Kier alpha value is -1.88. The largest absolute Gasteiger partial charge is 0.375 e. The van der Waals surface area contributed by atoms with E-state index in [4.69, 9.17) is 4.74 Å². The highest BCUT2D eigenvalue weighted by Crippen LogP contribution is 2.21. The van der Waals surface area contributed by atoms with E-state index in [0.29, 0.717) is 0 Å². The Kier molecular flexibility index (Phi) is 5.33. The van der Waals surface area contributed by atoms with E-state index in [1.165, 1.54) is 7.11 Å². The highest BCUT2D eigenvalue weighted by molar-refractivity contribution is 5.78. The molecule has 0 unspecified atom stereocenters. The van der Waals surface area contributed by atoms with Crippen LogP contribution in [0.1, 0.15) is 38.6 Å². The van der Waals surface area contributed by atoms with Crippen LogP contribution in [0.4, 0.5) is 0 Å². The Morgan fingerprint density at radius 3 is 2.90 bits per heavy atom. The molecule has 2 aromatic rings. The van der Waals surface area contributed by atoms with Crippen molar-refractivity contribution in [3.63, 3.8) is 0 Å². The summed E-state index contributed by atoms with van der Waals surface area (Å²) in [6, 6.07) is 7.94. The Labute approximate surface area is 125 Å². The van der Waals surface area contributed by atoms with Crippen LogP contribution in [-0.2, 0) is 16.1 Å². The fraction of sp³-hybridized carbons (Fsp3) is 0.500. The molecule has 0 saturated carbocycles. The van der Waals surface area contributed by atoms with Gasteiger partial charge in [0.05, 0.1) is 17.1 Å². The van der Waals surface area contributed by atoms with Crippen molar-refractivity contribution in [2.24, 2.45) is 0 Å². The summed E-state index contributed by atoms with van der Waals surface area (Å²) in [4.78, 5) is 16.4. The van der Waals surface area contributed by atoms with E-state index in [0.717, 1.165) is 36.2 Å². The molecule has 1 N–H and O–H groups in total. The molecule has 0 fully saturated rings. The molecule has 0 bridgehead atoms. The van der Waals surface area contributed by atoms with E-state index in [2.05, 4.69) is 27.9 Å². The topological polar surface area (TPSA) is 56.2 Å². The lowest BCUT2D eigenvalue weighted by Crippen LogP contribution is -2.31. The number of ether oxygens (including phenoxy) is 1. The number of aryl methyl sites for hydroxylation is 1. The van der Waals surface area contributed by atoms with E-state index in [9.17, 15) is 4.79 Å². The lowest BCUT2D eigenvalue weighted by molar-refractivity contribution is -0.125. The van der Waals surface area contributed by atoms with Crippen LogP contribution in [0.3, 0.4) is 0 Å². The maximum Gasteiger partial charge on any atom is 0.246 e. The molecule has 0 radical (unpaired) electrons. The van der Waals surface area contributed by atoms with Crippen LogP contribution in [0.25, 0.3) is 11.0 Å². The van der Waals surface area contributed by atoms with Gasteiger partial charge in [0.2, 0.25) is 5.91 Å². The molecule has 5 nitrogen and oxygen atoms in total. The molecule has 0 aliphatic rings. The zero-order chi connectivity index (χ0) is 15.2. The van der Waals surface area contributed by atoms with Gasteiger partial charge in [0.1, 0.15) is 12.4 Å². The molecule has 1 heterocycles. The van der Waals surface area contributed by atoms with Crippen molar-refractivity contribution in [1.82, 2.24) is 14.9 Å². The summed E-state index contributed by atoms with van der Waals surface area (Å²) in [6.45, 7) is 5.11. The first-order valence-electron chi connectivity index (χ1n) is 7.40. The van der Waals surface area contributed by atoms with Crippen molar-refractivity contribution in [3.8, 4) is 0 Å². The van der Waals surface area contributed by atoms with Crippen molar-refractivity contribution >= 4 is 16.9 Å². The molecule has 5 heteroatoms. The minimum absolute atomic E-state index is 0.0690. The molecule has 1 amide bonds. The standard InChI is InChI=1S/C16H23N3O2/c1-4-5-10-19-14-9-7-6-8-13(14)18-16(19)12(2)17-15(20)11-21-3/h6-9,12H,4-5,10-11H2,1-3H3,(H,17,20)/t12-/m1/s1. The van der Waals surface area contributed by atoms with E-state index in [1.807, 2.05) is 25.1 Å². The van der Waals surface area contributed by atoms with E-state index < -0.39 is 0 Å². The number of carbonyl (C=O) groups is 1. The fourth-order valence-electron chi connectivity index (χ4n) is 2.45. The van der Waals surface area contributed by atoms with Crippen molar-refractivity contribution in [2.75, 3.05) is 13.7 Å². The molecular weight excluding hydrogens is 266 g/mol. The van der Waals surface area contributed by atoms with Gasteiger partial charge in [-0.2, -0.15) is 0 Å². The van der Waals surface area contributed by atoms with Gasteiger partial charge in [-0.05, 0) is 25.5 Å². The second-order valence-electron chi connectivity index (χ2n) is 5.19. The highest BCUT2D eigenvalue weighted by atomic mass is 16.5. The van der Waals surface area contributed by atoms with E-state index in [1.54, 1.807) is 0 Å². The number of fused-ring (bicyclic) bond motifs is 1. The average Bonchev–Trinajstić information content (AvgIpc) is 2.84. The van der Waals surface area contributed by atoms with Crippen molar-refractivity contribution in [1.29, 1.82) is 0 Å². The SMILES string of the molecule is CCCCn1c([C@@H](C)NC(=O)COC)nc2ccccc21. The molecule has 0 aliphatic heterocycles. The van der Waals surface area contributed by atoms with Crippen molar-refractivity contribution < 1.29 is 9.53 Å². The second-order valence-corrected chi connectivity index (χ2v) is 5.19. The molecule has 2 rings (SSSR count). The monoisotopic (exact) mass is 289 g/mol. The maximum absolute atomic E-state index is 11.7. The summed E-state index contributed by atoms with van der Waals surface area (Å²) in [5.41, 5.74) is 2.09. The van der Waals surface area contributed by atoms with Crippen LogP contribution in [0.5, 0.6) is 0 Å². The van der Waals surface area contributed by atoms with E-state index >= 15 is 0 Å². The number of rotatable bonds is 7. The van der Waals surface area contributed by atoms with Crippen molar-refractivity contribution in [2.45, 2.75) is 39.3 Å². The van der Waals surface area contributed by atoms with Crippen LogP contribution < -0.4 is 5.32 Å². The first-order chi connectivity index (χ1) is 10.2. The predicted octanol–water partition coefficient (Wildman–Crippen LogP) is 2.66. The van der Waals surface area contributed by atoms with Gasteiger partial charge in [0, 0.05) is 13.7 Å². The summed E-state index contributed by atoms with van der Waals surface area (Å²) in [5, 5.41) is 2.93. The Morgan fingerprint density at radius 1 is 1.43 bits per heavy atom. The number of nitrogens with zero attached hydrogens (tertiary/aromatic N) is 2. The minimum Gasteiger partial charge on any atom is -0.375 e. The molecule has 1 atom stereocenters.